The third kappa shape index (κ3) is 4.60. The molecule has 20 heavy (non-hydrogen) atoms. The second-order valence-corrected chi connectivity index (χ2v) is 6.01. The van der Waals surface area contributed by atoms with Crippen molar-refractivity contribution in [3.05, 3.63) is 35.9 Å². The van der Waals surface area contributed by atoms with Crippen molar-refractivity contribution in [1.82, 2.24) is 10.2 Å². The highest BCUT2D eigenvalue weighted by Crippen LogP contribution is 2.14. The lowest BCUT2D eigenvalue weighted by Crippen LogP contribution is -2.56. The van der Waals surface area contributed by atoms with Crippen LogP contribution in [0.3, 0.4) is 0 Å². The van der Waals surface area contributed by atoms with Gasteiger partial charge in [-0.15, -0.1) is 0 Å². The molecule has 0 aliphatic carbocycles. The molecule has 1 N–H and O–H groups in total. The third-order valence-corrected chi connectivity index (χ3v) is 4.58. The average Bonchev–Trinajstić information content (AvgIpc) is 2.52. The highest BCUT2D eigenvalue weighted by atomic mass is 15.2. The molecule has 2 nitrogen and oxygen atoms in total. The molecule has 0 aromatic heterocycles. The van der Waals surface area contributed by atoms with E-state index in [0.717, 1.165) is 6.04 Å². The Balaban J connectivity index is 1.71. The molecular weight excluding hydrogens is 244 g/mol. The number of nitrogens with zero attached hydrogens (tertiary/aromatic N) is 1. The molecule has 0 amide bonds. The summed E-state index contributed by atoms with van der Waals surface area (Å²) in [6, 6.07) is 12.3. The lowest BCUT2D eigenvalue weighted by molar-refractivity contribution is 0.123. The van der Waals surface area contributed by atoms with Gasteiger partial charge in [-0.25, -0.2) is 0 Å². The molecule has 112 valence electrons. The van der Waals surface area contributed by atoms with Crippen LogP contribution in [0.25, 0.3) is 0 Å². The molecule has 0 spiro atoms. The number of unbranched alkanes of at least 4 members (excludes halogenated alkanes) is 1. The van der Waals surface area contributed by atoms with Crippen LogP contribution in [0.1, 0.15) is 45.1 Å². The number of nitrogens with one attached hydrogen (secondary N) is 1. The number of aryl methyl sites for hydroxylation is 1. The Kier molecular flexibility index (Phi) is 6.55. The first-order chi connectivity index (χ1) is 9.83. The van der Waals surface area contributed by atoms with Crippen molar-refractivity contribution in [2.45, 2.75) is 58.0 Å². The van der Waals surface area contributed by atoms with Crippen LogP contribution in [0.2, 0.25) is 0 Å². The maximum absolute atomic E-state index is 3.67. The maximum atomic E-state index is 3.67. The summed E-state index contributed by atoms with van der Waals surface area (Å²) in [5.41, 5.74) is 1.48. The van der Waals surface area contributed by atoms with E-state index in [1.165, 1.54) is 57.3 Å². The Hall–Kier alpha value is -0.860. The van der Waals surface area contributed by atoms with Gasteiger partial charge in [-0.2, -0.15) is 0 Å². The van der Waals surface area contributed by atoms with Crippen LogP contribution < -0.4 is 5.32 Å². The monoisotopic (exact) mass is 274 g/mol. The van der Waals surface area contributed by atoms with Crippen molar-refractivity contribution in [2.75, 3.05) is 19.6 Å². The molecule has 1 aliphatic rings. The van der Waals surface area contributed by atoms with Crippen molar-refractivity contribution < 1.29 is 0 Å². The van der Waals surface area contributed by atoms with Gasteiger partial charge in [0.2, 0.25) is 0 Å². The Labute approximate surface area is 124 Å². The predicted octanol–water partition coefficient (Wildman–Crippen LogP) is 3.47. The summed E-state index contributed by atoms with van der Waals surface area (Å²) < 4.78 is 0. The molecule has 1 saturated heterocycles. The topological polar surface area (TPSA) is 15.3 Å². The van der Waals surface area contributed by atoms with E-state index in [4.69, 9.17) is 0 Å². The van der Waals surface area contributed by atoms with Crippen LogP contribution in [-0.4, -0.2) is 36.6 Å². The third-order valence-electron chi connectivity index (χ3n) is 4.58. The lowest BCUT2D eigenvalue weighted by atomic mass is 10.0. The first-order valence-electron chi connectivity index (χ1n) is 8.34. The van der Waals surface area contributed by atoms with Gasteiger partial charge in [0, 0.05) is 25.2 Å². The van der Waals surface area contributed by atoms with Crippen LogP contribution in [-0.2, 0) is 6.42 Å². The number of hydrogen-bond donors (Lipinski definition) is 1. The number of rotatable bonds is 7. The fourth-order valence-electron chi connectivity index (χ4n) is 3.17. The fourth-order valence-corrected chi connectivity index (χ4v) is 3.17. The van der Waals surface area contributed by atoms with Crippen molar-refractivity contribution in [3.8, 4) is 0 Å². The highest BCUT2D eigenvalue weighted by molar-refractivity contribution is 5.14. The molecule has 2 atom stereocenters. The van der Waals surface area contributed by atoms with Gasteiger partial charge in [-0.1, -0.05) is 44.2 Å². The Morgan fingerprint density at radius 1 is 1.10 bits per heavy atom. The van der Waals surface area contributed by atoms with E-state index in [9.17, 15) is 0 Å². The van der Waals surface area contributed by atoms with Crippen LogP contribution in [0, 0.1) is 0 Å². The smallest absolute Gasteiger partial charge is 0.0218 e. The molecule has 1 aromatic rings. The van der Waals surface area contributed by atoms with Gasteiger partial charge in [0.15, 0.2) is 0 Å². The van der Waals surface area contributed by atoms with Crippen LogP contribution in [0.4, 0.5) is 0 Å². The molecule has 2 heteroatoms. The van der Waals surface area contributed by atoms with Crippen molar-refractivity contribution in [2.24, 2.45) is 0 Å². The van der Waals surface area contributed by atoms with E-state index in [2.05, 4.69) is 54.4 Å². The molecule has 0 radical (unpaired) electrons. The average molecular weight is 274 g/mol. The highest BCUT2D eigenvalue weighted by Gasteiger charge is 2.24. The summed E-state index contributed by atoms with van der Waals surface area (Å²) in [6.07, 6.45) is 6.36. The lowest BCUT2D eigenvalue weighted by Gasteiger charge is -2.40. The minimum Gasteiger partial charge on any atom is -0.311 e. The minimum atomic E-state index is 0.701. The predicted molar refractivity (Wildman–Crippen MR) is 87.1 cm³/mol. The van der Waals surface area contributed by atoms with E-state index in [1.54, 1.807) is 0 Å². The molecular formula is C18H30N2. The standard InChI is InChI=1S/C18H30N2/c1-3-17-15-20(18(4-2)14-19-17)13-9-8-12-16-10-6-5-7-11-16/h5-7,10-11,17-19H,3-4,8-9,12-15H2,1-2H3. The molecule has 0 saturated carbocycles. The van der Waals surface area contributed by atoms with Crippen molar-refractivity contribution >= 4 is 0 Å². The number of hydrogen-bond acceptors (Lipinski definition) is 2. The molecule has 1 aliphatic heterocycles. The fraction of sp³-hybridized carbons (Fsp3) is 0.667. The Bertz CT molecular complexity index is 363. The molecule has 2 rings (SSSR count). The summed E-state index contributed by atoms with van der Waals surface area (Å²) in [4.78, 5) is 2.72. The second kappa shape index (κ2) is 8.43. The summed E-state index contributed by atoms with van der Waals surface area (Å²) in [6.45, 7) is 8.28. The first kappa shape index (κ1) is 15.5. The van der Waals surface area contributed by atoms with E-state index in [1.807, 2.05) is 0 Å². The van der Waals surface area contributed by atoms with Crippen LogP contribution >= 0.6 is 0 Å². The van der Waals surface area contributed by atoms with Gasteiger partial charge in [0.25, 0.3) is 0 Å². The molecule has 1 fully saturated rings. The first-order valence-corrected chi connectivity index (χ1v) is 8.34. The number of benzene rings is 1. The zero-order valence-corrected chi connectivity index (χ0v) is 13.1. The van der Waals surface area contributed by atoms with E-state index >= 15 is 0 Å². The number of piperazine rings is 1. The van der Waals surface area contributed by atoms with Crippen molar-refractivity contribution in [3.63, 3.8) is 0 Å². The Morgan fingerprint density at radius 2 is 1.90 bits per heavy atom. The summed E-state index contributed by atoms with van der Waals surface area (Å²) >= 11 is 0. The Morgan fingerprint density at radius 3 is 2.60 bits per heavy atom. The van der Waals surface area contributed by atoms with Gasteiger partial charge >= 0.3 is 0 Å². The van der Waals surface area contributed by atoms with E-state index in [0.29, 0.717) is 6.04 Å². The summed E-state index contributed by atoms with van der Waals surface area (Å²) in [5.74, 6) is 0. The normalized spacial score (nSPS) is 23.9. The zero-order valence-electron chi connectivity index (χ0n) is 13.1. The van der Waals surface area contributed by atoms with E-state index in [-0.39, 0.29) is 0 Å². The summed E-state index contributed by atoms with van der Waals surface area (Å²) in [7, 11) is 0. The van der Waals surface area contributed by atoms with Gasteiger partial charge < -0.3 is 5.32 Å². The molecule has 0 bridgehead atoms. The largest absolute Gasteiger partial charge is 0.311 e. The SMILES string of the molecule is CCC1CN(CCCCc2ccccc2)C(CC)CN1. The molecule has 1 aromatic carbocycles. The van der Waals surface area contributed by atoms with Crippen LogP contribution in [0.15, 0.2) is 30.3 Å². The minimum absolute atomic E-state index is 0.701. The van der Waals surface area contributed by atoms with Crippen molar-refractivity contribution in [1.29, 1.82) is 0 Å². The summed E-state index contributed by atoms with van der Waals surface area (Å²) in [5, 5.41) is 3.67. The van der Waals surface area contributed by atoms with Gasteiger partial charge in [-0.05, 0) is 44.2 Å². The second-order valence-electron chi connectivity index (χ2n) is 6.01. The maximum Gasteiger partial charge on any atom is 0.0218 e. The van der Waals surface area contributed by atoms with Gasteiger partial charge in [0.05, 0.1) is 0 Å². The van der Waals surface area contributed by atoms with Gasteiger partial charge in [0.1, 0.15) is 0 Å². The zero-order chi connectivity index (χ0) is 14.2. The quantitative estimate of drug-likeness (QED) is 0.766. The molecule has 1 heterocycles. The molecule has 2 unspecified atom stereocenters. The van der Waals surface area contributed by atoms with Gasteiger partial charge in [-0.3, -0.25) is 4.90 Å². The van der Waals surface area contributed by atoms with E-state index < -0.39 is 0 Å². The van der Waals surface area contributed by atoms with Crippen LogP contribution in [0.5, 0.6) is 0 Å².